The van der Waals surface area contributed by atoms with E-state index in [0.717, 1.165) is 42.2 Å². The summed E-state index contributed by atoms with van der Waals surface area (Å²) in [6, 6.07) is 12.2. The third-order valence-electron chi connectivity index (χ3n) is 8.17. The number of aliphatic imine (C=N–C) groups is 1. The number of benzene rings is 1. The van der Waals surface area contributed by atoms with Crippen LogP contribution in [0.15, 0.2) is 52.5 Å². The Labute approximate surface area is 229 Å². The van der Waals surface area contributed by atoms with Crippen molar-refractivity contribution < 1.29 is 14.0 Å². The second-order valence-electron chi connectivity index (χ2n) is 11.5. The highest BCUT2D eigenvalue weighted by Gasteiger charge is 2.44. The molecule has 1 amide bonds. The van der Waals surface area contributed by atoms with E-state index in [1.165, 1.54) is 22.9 Å². The molecule has 0 bridgehead atoms. The summed E-state index contributed by atoms with van der Waals surface area (Å²) >= 11 is 7.51. The van der Waals surface area contributed by atoms with Gasteiger partial charge in [-0.3, -0.25) is 4.79 Å². The van der Waals surface area contributed by atoms with Gasteiger partial charge in [0.2, 0.25) is 0 Å². The van der Waals surface area contributed by atoms with Crippen LogP contribution < -0.4 is 0 Å². The molecule has 3 aliphatic heterocycles. The third-order valence-corrected chi connectivity index (χ3v) is 14.0. The molecule has 0 aliphatic carbocycles. The summed E-state index contributed by atoms with van der Waals surface area (Å²) in [7, 11) is -2.04. The molecule has 6 nitrogen and oxygen atoms in total. The van der Waals surface area contributed by atoms with Crippen molar-refractivity contribution in [3.63, 3.8) is 0 Å². The summed E-state index contributed by atoms with van der Waals surface area (Å²) in [6.45, 7) is 13.7. The molecule has 0 saturated carbocycles. The van der Waals surface area contributed by atoms with Gasteiger partial charge in [0.15, 0.2) is 13.5 Å². The van der Waals surface area contributed by atoms with Crippen molar-refractivity contribution in [3.8, 4) is 0 Å². The number of pyridine rings is 1. The zero-order valence-electron chi connectivity index (χ0n) is 22.1. The van der Waals surface area contributed by atoms with Crippen molar-refractivity contribution in [3.05, 3.63) is 69.3 Å². The van der Waals surface area contributed by atoms with Crippen LogP contribution in [0.5, 0.6) is 0 Å². The lowest BCUT2D eigenvalue weighted by Gasteiger charge is -2.39. The highest BCUT2D eigenvalue weighted by molar-refractivity contribution is 8.18. The Morgan fingerprint density at radius 3 is 2.59 bits per heavy atom. The first-order chi connectivity index (χ1) is 17.5. The average Bonchev–Trinajstić information content (AvgIpc) is 3.41. The van der Waals surface area contributed by atoms with Crippen LogP contribution in [0.2, 0.25) is 23.3 Å². The van der Waals surface area contributed by atoms with E-state index in [4.69, 9.17) is 20.8 Å². The van der Waals surface area contributed by atoms with Crippen LogP contribution in [-0.4, -0.2) is 49.0 Å². The molecule has 1 fully saturated rings. The minimum Gasteiger partial charge on any atom is -0.412 e. The fourth-order valence-corrected chi connectivity index (χ4v) is 6.89. The smallest absolute Gasteiger partial charge is 0.286 e. The molecule has 196 valence electrons. The van der Waals surface area contributed by atoms with Crippen molar-refractivity contribution in [2.75, 3.05) is 19.7 Å². The highest BCUT2D eigenvalue weighted by Crippen LogP contribution is 2.45. The molecule has 0 N–H and O–H groups in total. The van der Waals surface area contributed by atoms with E-state index in [1.807, 2.05) is 6.07 Å². The second-order valence-corrected chi connectivity index (χ2v) is 17.6. The number of aromatic nitrogens is 1. The first-order valence-electron chi connectivity index (χ1n) is 12.8. The molecule has 0 unspecified atom stereocenters. The molecule has 2 aromatic rings. The number of fused-ring (bicyclic) bond motifs is 2. The number of nitrogens with zero attached hydrogens (tertiary/aromatic N) is 3. The molecule has 0 radical (unpaired) electrons. The Kier molecular flexibility index (Phi) is 7.17. The Balaban J connectivity index is 1.36. The Bertz CT molecular complexity index is 1260. The van der Waals surface area contributed by atoms with Gasteiger partial charge in [-0.25, -0.2) is 4.98 Å². The normalized spacial score (nSPS) is 20.9. The summed E-state index contributed by atoms with van der Waals surface area (Å²) in [6.07, 6.45) is 3.46. The first kappa shape index (κ1) is 26.6. The van der Waals surface area contributed by atoms with E-state index in [0.29, 0.717) is 23.3 Å². The van der Waals surface area contributed by atoms with Gasteiger partial charge < -0.3 is 14.1 Å². The van der Waals surface area contributed by atoms with Crippen LogP contribution in [0.4, 0.5) is 0 Å². The van der Waals surface area contributed by atoms with Gasteiger partial charge in [0, 0.05) is 24.9 Å². The van der Waals surface area contributed by atoms with Crippen molar-refractivity contribution >= 4 is 48.3 Å². The number of halogens is 1. The lowest BCUT2D eigenvalue weighted by molar-refractivity contribution is -0.113. The average molecular weight is 556 g/mol. The molecule has 1 spiro atoms. The van der Waals surface area contributed by atoms with Gasteiger partial charge in [0.05, 0.1) is 23.7 Å². The van der Waals surface area contributed by atoms with Gasteiger partial charge in [-0.15, -0.1) is 0 Å². The van der Waals surface area contributed by atoms with Crippen molar-refractivity contribution in [2.45, 2.75) is 64.0 Å². The largest absolute Gasteiger partial charge is 0.412 e. The lowest BCUT2D eigenvalue weighted by Crippen LogP contribution is -2.44. The SMILES string of the molecule is CC(C)(C)[Si](C)(C)OC/C(=C1/SC(N2CCC3(CC2)OCc2ccccc23)=NC1=O)c1ccc(Cl)nc1. The highest BCUT2D eigenvalue weighted by atomic mass is 35.5. The molecular formula is C28H34ClN3O3SSi. The molecule has 1 aromatic carbocycles. The number of amidine groups is 1. The number of thioether (sulfide) groups is 1. The third kappa shape index (κ3) is 5.19. The molecule has 4 heterocycles. The first-order valence-corrected chi connectivity index (χ1v) is 16.9. The number of likely N-dealkylation sites (tertiary alicyclic amines) is 1. The summed E-state index contributed by atoms with van der Waals surface area (Å²) in [4.78, 5) is 24.8. The molecule has 5 rings (SSSR count). The molecule has 1 saturated heterocycles. The fraction of sp³-hybridized carbons (Fsp3) is 0.464. The van der Waals surface area contributed by atoms with E-state index in [1.54, 1.807) is 12.3 Å². The predicted octanol–water partition coefficient (Wildman–Crippen LogP) is 6.62. The lowest BCUT2D eigenvalue weighted by atomic mass is 9.84. The van der Waals surface area contributed by atoms with Gasteiger partial charge in [-0.1, -0.05) is 56.6 Å². The van der Waals surface area contributed by atoms with Gasteiger partial charge in [0.1, 0.15) is 5.15 Å². The standard InChI is InChI=1S/C28H34ClN3O3SSi/c1-27(2,3)37(4,5)35-18-21(19-10-11-23(29)30-16-19)24-25(33)31-26(36-24)32-14-12-28(13-15-32)22-9-7-6-8-20(22)17-34-28/h6-11,16H,12-15,17-18H2,1-5H3/b24-21-. The zero-order chi connectivity index (χ0) is 26.4. The molecule has 37 heavy (non-hydrogen) atoms. The maximum atomic E-state index is 13.2. The van der Waals surface area contributed by atoms with Crippen LogP contribution in [0, 0.1) is 0 Å². The van der Waals surface area contributed by atoms with Gasteiger partial charge in [0.25, 0.3) is 5.91 Å². The van der Waals surface area contributed by atoms with Crippen molar-refractivity contribution in [1.29, 1.82) is 0 Å². The number of hydrogen-bond donors (Lipinski definition) is 0. The minimum atomic E-state index is -2.04. The maximum Gasteiger partial charge on any atom is 0.286 e. The Morgan fingerprint density at radius 1 is 1.19 bits per heavy atom. The topological polar surface area (TPSA) is 64.0 Å². The van der Waals surface area contributed by atoms with Gasteiger partial charge >= 0.3 is 0 Å². The minimum absolute atomic E-state index is 0.0558. The van der Waals surface area contributed by atoms with Crippen LogP contribution in [0.1, 0.15) is 50.3 Å². The van der Waals surface area contributed by atoms with Crippen molar-refractivity contribution in [1.82, 2.24) is 9.88 Å². The Morgan fingerprint density at radius 2 is 1.92 bits per heavy atom. The number of rotatable bonds is 4. The number of amides is 1. The second kappa shape index (κ2) is 9.97. The van der Waals surface area contributed by atoms with E-state index in [9.17, 15) is 4.79 Å². The number of piperidine rings is 1. The van der Waals surface area contributed by atoms with Crippen LogP contribution in [-0.2, 0) is 26.2 Å². The predicted molar refractivity (Wildman–Crippen MR) is 153 cm³/mol. The van der Waals surface area contributed by atoms with Crippen LogP contribution in [0.3, 0.4) is 0 Å². The summed E-state index contributed by atoms with van der Waals surface area (Å²) in [5.41, 5.74) is 4.03. The molecular weight excluding hydrogens is 522 g/mol. The molecule has 1 aromatic heterocycles. The van der Waals surface area contributed by atoms with Crippen LogP contribution in [0.25, 0.3) is 5.57 Å². The van der Waals surface area contributed by atoms with E-state index in [2.05, 4.69) is 73.0 Å². The number of hydrogen-bond acceptors (Lipinski definition) is 6. The van der Waals surface area contributed by atoms with Gasteiger partial charge in [-0.2, -0.15) is 4.99 Å². The van der Waals surface area contributed by atoms with Crippen LogP contribution >= 0.6 is 23.4 Å². The summed E-state index contributed by atoms with van der Waals surface area (Å²) in [5, 5.41) is 1.23. The monoisotopic (exact) mass is 555 g/mol. The quantitative estimate of drug-likeness (QED) is 0.240. The summed E-state index contributed by atoms with van der Waals surface area (Å²) in [5.74, 6) is -0.216. The number of ether oxygens (including phenoxy) is 1. The molecule has 3 aliphatic rings. The van der Waals surface area contributed by atoms with E-state index >= 15 is 0 Å². The van der Waals surface area contributed by atoms with E-state index in [-0.39, 0.29) is 16.5 Å². The maximum absolute atomic E-state index is 13.2. The molecule has 9 heteroatoms. The number of carbonyl (C=O) groups excluding carboxylic acids is 1. The van der Waals surface area contributed by atoms with E-state index < -0.39 is 8.32 Å². The molecule has 0 atom stereocenters. The zero-order valence-corrected chi connectivity index (χ0v) is 24.7. The van der Waals surface area contributed by atoms with Gasteiger partial charge in [-0.05, 0) is 71.6 Å². The number of carbonyl (C=O) groups is 1. The Hall–Kier alpha value is -1.97. The fourth-order valence-electron chi connectivity index (χ4n) is 4.78. The van der Waals surface area contributed by atoms with Crippen molar-refractivity contribution in [2.24, 2.45) is 4.99 Å². The summed E-state index contributed by atoms with van der Waals surface area (Å²) < 4.78 is 12.9.